The third-order valence-electron chi connectivity index (χ3n) is 3.12. The van der Waals surface area contributed by atoms with Crippen molar-refractivity contribution in [2.24, 2.45) is 0 Å². The fourth-order valence-corrected chi connectivity index (χ4v) is 2.14. The maximum atomic E-state index is 5.38. The van der Waals surface area contributed by atoms with E-state index in [1.165, 1.54) is 19.5 Å². The minimum Gasteiger partial charge on any atom is -0.382 e. The maximum Gasteiger partial charge on any atom is 0.0478 e. The van der Waals surface area contributed by atoms with Crippen LogP contribution in [-0.2, 0) is 4.74 Å². The minimum atomic E-state index is 0.627. The van der Waals surface area contributed by atoms with Gasteiger partial charge < -0.3 is 10.1 Å². The molecule has 3 heteroatoms. The maximum absolute atomic E-state index is 5.38. The molecule has 1 fully saturated rings. The minimum absolute atomic E-state index is 0.627. The van der Waals surface area contributed by atoms with E-state index in [1.54, 1.807) is 0 Å². The van der Waals surface area contributed by atoms with Gasteiger partial charge in [-0.1, -0.05) is 0 Å². The molecular weight excluding hydrogens is 188 g/mol. The molecule has 90 valence electrons. The summed E-state index contributed by atoms with van der Waals surface area (Å²) in [5, 5.41) is 3.53. The summed E-state index contributed by atoms with van der Waals surface area (Å²) in [6, 6.07) is 1.34. The summed E-state index contributed by atoms with van der Waals surface area (Å²) in [4.78, 5) is 2.59. The lowest BCUT2D eigenvalue weighted by molar-refractivity contribution is 0.122. The first-order chi connectivity index (χ1) is 7.24. The van der Waals surface area contributed by atoms with Crippen molar-refractivity contribution in [1.29, 1.82) is 0 Å². The molecule has 1 saturated heterocycles. The summed E-state index contributed by atoms with van der Waals surface area (Å²) in [7, 11) is 0. The van der Waals surface area contributed by atoms with E-state index in [-0.39, 0.29) is 0 Å². The van der Waals surface area contributed by atoms with E-state index in [1.807, 2.05) is 0 Å². The molecule has 1 rings (SSSR count). The molecular formula is C12H26N2O. The molecule has 15 heavy (non-hydrogen) atoms. The Morgan fingerprint density at radius 1 is 1.40 bits per heavy atom. The molecule has 0 saturated carbocycles. The van der Waals surface area contributed by atoms with E-state index in [4.69, 9.17) is 4.74 Å². The largest absolute Gasteiger partial charge is 0.382 e. The van der Waals surface area contributed by atoms with E-state index in [0.717, 1.165) is 26.2 Å². The average molecular weight is 214 g/mol. The second-order valence-electron chi connectivity index (χ2n) is 4.54. The fourth-order valence-electron chi connectivity index (χ4n) is 2.14. The van der Waals surface area contributed by atoms with Crippen molar-refractivity contribution >= 4 is 0 Å². The summed E-state index contributed by atoms with van der Waals surface area (Å²) in [5.74, 6) is 0. The van der Waals surface area contributed by atoms with Crippen LogP contribution in [0.4, 0.5) is 0 Å². The van der Waals surface area contributed by atoms with Crippen LogP contribution in [0.1, 0.15) is 33.6 Å². The van der Waals surface area contributed by atoms with Gasteiger partial charge in [-0.25, -0.2) is 0 Å². The zero-order valence-electron chi connectivity index (χ0n) is 10.5. The average Bonchev–Trinajstić information content (AvgIpc) is 2.36. The van der Waals surface area contributed by atoms with Gasteiger partial charge in [-0.3, -0.25) is 4.90 Å². The van der Waals surface area contributed by atoms with Gasteiger partial charge in [0.05, 0.1) is 0 Å². The van der Waals surface area contributed by atoms with Gasteiger partial charge in [0.25, 0.3) is 0 Å². The van der Waals surface area contributed by atoms with Gasteiger partial charge in [-0.2, -0.15) is 0 Å². The van der Waals surface area contributed by atoms with Gasteiger partial charge in [0.2, 0.25) is 0 Å². The number of nitrogens with zero attached hydrogens (tertiary/aromatic N) is 1. The molecule has 1 N–H and O–H groups in total. The van der Waals surface area contributed by atoms with Gasteiger partial charge in [0, 0.05) is 38.4 Å². The van der Waals surface area contributed by atoms with Gasteiger partial charge in [0.15, 0.2) is 0 Å². The lowest BCUT2D eigenvalue weighted by Crippen LogP contribution is -2.39. The van der Waals surface area contributed by atoms with Crippen molar-refractivity contribution in [2.75, 3.05) is 32.8 Å². The fraction of sp³-hybridized carbons (Fsp3) is 1.00. The molecule has 1 heterocycles. The first-order valence-electron chi connectivity index (χ1n) is 6.29. The number of rotatable bonds is 5. The van der Waals surface area contributed by atoms with Crippen LogP contribution in [0.15, 0.2) is 0 Å². The number of nitrogens with one attached hydrogen (secondary N) is 1. The van der Waals surface area contributed by atoms with Crippen LogP contribution in [0.25, 0.3) is 0 Å². The molecule has 3 nitrogen and oxygen atoms in total. The Bertz CT molecular complexity index is 164. The van der Waals surface area contributed by atoms with Crippen LogP contribution in [0.5, 0.6) is 0 Å². The van der Waals surface area contributed by atoms with Crippen LogP contribution < -0.4 is 5.32 Å². The highest BCUT2D eigenvalue weighted by atomic mass is 16.5. The van der Waals surface area contributed by atoms with Crippen molar-refractivity contribution < 1.29 is 4.74 Å². The van der Waals surface area contributed by atoms with Gasteiger partial charge in [-0.15, -0.1) is 0 Å². The van der Waals surface area contributed by atoms with E-state index < -0.39 is 0 Å². The third kappa shape index (κ3) is 4.96. The predicted octanol–water partition coefficient (Wildman–Crippen LogP) is 1.49. The summed E-state index contributed by atoms with van der Waals surface area (Å²) in [6.07, 6.45) is 2.42. The second-order valence-corrected chi connectivity index (χ2v) is 4.54. The first-order valence-corrected chi connectivity index (χ1v) is 6.29. The highest BCUT2D eigenvalue weighted by Gasteiger charge is 2.19. The van der Waals surface area contributed by atoms with Crippen LogP contribution in [0, 0.1) is 0 Å². The summed E-state index contributed by atoms with van der Waals surface area (Å²) < 4.78 is 5.38. The molecule has 2 atom stereocenters. The van der Waals surface area contributed by atoms with Gasteiger partial charge >= 0.3 is 0 Å². The van der Waals surface area contributed by atoms with Crippen molar-refractivity contribution in [3.8, 4) is 0 Å². The molecule has 1 aliphatic rings. The molecule has 0 spiro atoms. The first kappa shape index (κ1) is 12.9. The Morgan fingerprint density at radius 3 is 2.93 bits per heavy atom. The molecule has 2 unspecified atom stereocenters. The number of ether oxygens (including phenoxy) is 1. The van der Waals surface area contributed by atoms with Crippen molar-refractivity contribution in [3.63, 3.8) is 0 Å². The standard InChI is InChI=1S/C12H26N2O/c1-4-15-9-5-8-14-10-11(2)13-7-6-12(14)3/h11-13H,4-10H2,1-3H3. The third-order valence-corrected chi connectivity index (χ3v) is 3.12. The molecule has 0 aromatic heterocycles. The van der Waals surface area contributed by atoms with E-state index >= 15 is 0 Å². The zero-order chi connectivity index (χ0) is 11.1. The molecule has 0 aliphatic carbocycles. The van der Waals surface area contributed by atoms with Gasteiger partial charge in [-0.05, 0) is 40.2 Å². The number of hydrogen-bond acceptors (Lipinski definition) is 3. The summed E-state index contributed by atoms with van der Waals surface area (Å²) in [6.45, 7) is 11.9. The Morgan fingerprint density at radius 2 is 2.20 bits per heavy atom. The van der Waals surface area contributed by atoms with Crippen molar-refractivity contribution in [2.45, 2.75) is 45.7 Å². The van der Waals surface area contributed by atoms with Gasteiger partial charge in [0.1, 0.15) is 0 Å². The second kappa shape index (κ2) is 7.20. The smallest absolute Gasteiger partial charge is 0.0478 e. The molecule has 0 amide bonds. The van der Waals surface area contributed by atoms with E-state index in [9.17, 15) is 0 Å². The SMILES string of the molecule is CCOCCCN1CC(C)NCCC1C. The topological polar surface area (TPSA) is 24.5 Å². The van der Waals surface area contributed by atoms with Crippen molar-refractivity contribution in [3.05, 3.63) is 0 Å². The van der Waals surface area contributed by atoms with E-state index in [2.05, 4.69) is 31.0 Å². The number of hydrogen-bond donors (Lipinski definition) is 1. The molecule has 0 aromatic carbocycles. The highest BCUT2D eigenvalue weighted by molar-refractivity contribution is 4.78. The summed E-state index contributed by atoms with van der Waals surface area (Å²) >= 11 is 0. The molecule has 0 radical (unpaired) electrons. The zero-order valence-corrected chi connectivity index (χ0v) is 10.5. The predicted molar refractivity (Wildman–Crippen MR) is 64.2 cm³/mol. The quantitative estimate of drug-likeness (QED) is 0.702. The van der Waals surface area contributed by atoms with Crippen LogP contribution in [0.3, 0.4) is 0 Å². The Hall–Kier alpha value is -0.120. The van der Waals surface area contributed by atoms with Crippen molar-refractivity contribution in [1.82, 2.24) is 10.2 Å². The molecule has 1 aliphatic heterocycles. The van der Waals surface area contributed by atoms with E-state index in [0.29, 0.717) is 12.1 Å². The van der Waals surface area contributed by atoms with Crippen LogP contribution in [-0.4, -0.2) is 49.8 Å². The lowest BCUT2D eigenvalue weighted by atomic mass is 10.2. The van der Waals surface area contributed by atoms with Crippen LogP contribution in [0.2, 0.25) is 0 Å². The Kier molecular flexibility index (Phi) is 6.22. The molecule has 0 aromatic rings. The Balaban J connectivity index is 2.23. The lowest BCUT2D eigenvalue weighted by Gasteiger charge is -2.27. The highest BCUT2D eigenvalue weighted by Crippen LogP contribution is 2.09. The molecule has 0 bridgehead atoms. The Labute approximate surface area is 94.2 Å². The van der Waals surface area contributed by atoms with Crippen LogP contribution >= 0.6 is 0 Å². The normalized spacial score (nSPS) is 29.0. The summed E-state index contributed by atoms with van der Waals surface area (Å²) in [5.41, 5.74) is 0. The monoisotopic (exact) mass is 214 g/mol.